The number of hydrogen-bond donors (Lipinski definition) is 3. The fourth-order valence-electron chi connectivity index (χ4n) is 7.56. The van der Waals surface area contributed by atoms with Gasteiger partial charge >= 0.3 is 0 Å². The lowest BCUT2D eigenvalue weighted by molar-refractivity contribution is -0.149. The predicted molar refractivity (Wildman–Crippen MR) is 158 cm³/mol. The largest absolute Gasteiger partial charge is 0.493 e. The first kappa shape index (κ1) is 29.4. The summed E-state index contributed by atoms with van der Waals surface area (Å²) in [5, 5.41) is 6.37. The van der Waals surface area contributed by atoms with Crippen molar-refractivity contribution < 1.29 is 23.9 Å². The molecule has 0 unspecified atom stereocenters. The predicted octanol–water partition coefficient (Wildman–Crippen LogP) is 2.12. The summed E-state index contributed by atoms with van der Waals surface area (Å²) < 4.78 is 11.8. The molecule has 10 heteroatoms. The molecule has 0 bridgehead atoms. The molecule has 3 heterocycles. The van der Waals surface area contributed by atoms with Crippen molar-refractivity contribution in [3.8, 4) is 5.75 Å². The Labute approximate surface area is 249 Å². The maximum absolute atomic E-state index is 14.6. The number of carbonyl (C=O) groups excluding carboxylic acids is 3. The van der Waals surface area contributed by atoms with Gasteiger partial charge in [-0.25, -0.2) is 0 Å². The zero-order chi connectivity index (χ0) is 29.2. The van der Waals surface area contributed by atoms with Crippen LogP contribution >= 0.6 is 0 Å². The maximum Gasteiger partial charge on any atom is 0.246 e. The molecule has 2 saturated carbocycles. The topological polar surface area (TPSA) is 126 Å². The zero-order valence-electron chi connectivity index (χ0n) is 24.8. The van der Waals surface area contributed by atoms with Crippen LogP contribution in [0.4, 0.5) is 0 Å². The molecule has 42 heavy (non-hydrogen) atoms. The zero-order valence-corrected chi connectivity index (χ0v) is 24.8. The number of amides is 3. The highest BCUT2D eigenvalue weighted by Gasteiger charge is 2.48. The van der Waals surface area contributed by atoms with Crippen LogP contribution in [0.1, 0.15) is 76.3 Å². The molecule has 6 rings (SSSR count). The van der Waals surface area contributed by atoms with Crippen molar-refractivity contribution in [1.29, 1.82) is 0 Å². The maximum atomic E-state index is 14.6. The minimum Gasteiger partial charge on any atom is -0.493 e. The van der Waals surface area contributed by atoms with Gasteiger partial charge in [0.2, 0.25) is 17.7 Å². The monoisotopic (exact) mass is 581 g/mol. The summed E-state index contributed by atoms with van der Waals surface area (Å²) in [4.78, 5) is 46.0. The van der Waals surface area contributed by atoms with Crippen LogP contribution in [0.25, 0.3) is 0 Å². The molecule has 0 aromatic heterocycles. The third-order valence-corrected chi connectivity index (χ3v) is 10.1. The molecule has 4 fully saturated rings. The van der Waals surface area contributed by atoms with E-state index in [1.165, 1.54) is 0 Å². The van der Waals surface area contributed by atoms with Gasteiger partial charge in [0, 0.05) is 44.3 Å². The van der Waals surface area contributed by atoms with E-state index < -0.39 is 18.1 Å². The average Bonchev–Trinajstić information content (AvgIpc) is 3.79. The van der Waals surface area contributed by atoms with Crippen molar-refractivity contribution in [2.75, 3.05) is 32.8 Å². The standard InChI is InChI=1S/C32H47N5O5/c1-2-41-23-16-22-17-37(32(40)29(21-8-4-3-5-9-21)35-31(39)28(33)20-12-13-20)26(19-36(22)18-23)30(38)34-25-14-15-42-27-11-7-6-10-24(25)27/h6-7,10-11,20-23,25-26,28-29H,2-5,8-9,12-19,33H2,1H3,(H,34,38)(H,35,39)/t22-,23-,25-,26+,28+,29+/m1/s1. The van der Waals surface area contributed by atoms with Crippen LogP contribution in [0.15, 0.2) is 24.3 Å². The quantitative estimate of drug-likeness (QED) is 0.408. The number of fused-ring (bicyclic) bond motifs is 2. The van der Waals surface area contributed by atoms with Gasteiger partial charge in [-0.05, 0) is 56.9 Å². The van der Waals surface area contributed by atoms with Crippen LogP contribution < -0.4 is 21.1 Å². The number of ether oxygens (including phenoxy) is 2. The summed E-state index contributed by atoms with van der Waals surface area (Å²) in [5.41, 5.74) is 7.24. The van der Waals surface area contributed by atoms with Crippen molar-refractivity contribution in [3.05, 3.63) is 29.8 Å². The van der Waals surface area contributed by atoms with E-state index in [1.54, 1.807) is 4.90 Å². The molecule has 3 aliphatic heterocycles. The first-order chi connectivity index (χ1) is 20.4. The molecule has 0 spiro atoms. The third kappa shape index (κ3) is 6.31. The summed E-state index contributed by atoms with van der Waals surface area (Å²) in [6.45, 7) is 4.80. The fourth-order valence-corrected chi connectivity index (χ4v) is 7.56. The van der Waals surface area contributed by atoms with Crippen LogP contribution in [0.5, 0.6) is 5.75 Å². The Kier molecular flexibility index (Phi) is 9.02. The Morgan fingerprint density at radius 2 is 1.81 bits per heavy atom. The molecule has 6 atom stereocenters. The molecule has 2 aliphatic carbocycles. The smallest absolute Gasteiger partial charge is 0.246 e. The Morgan fingerprint density at radius 1 is 1.02 bits per heavy atom. The van der Waals surface area contributed by atoms with Crippen molar-refractivity contribution in [2.45, 2.75) is 101 Å². The number of piperazine rings is 1. The van der Waals surface area contributed by atoms with E-state index >= 15 is 0 Å². The number of para-hydroxylation sites is 1. The van der Waals surface area contributed by atoms with Gasteiger partial charge in [0.05, 0.1) is 24.8 Å². The SMILES string of the molecule is CCO[C@@H]1C[C@@H]2CN(C(=O)[C@@H](NC(=O)[C@@H](N)C3CC3)C3CCCCC3)[C@H](C(=O)N[C@@H]3CCOc4ccccc43)CN2C1. The molecule has 5 aliphatic rings. The minimum absolute atomic E-state index is 0.0467. The highest BCUT2D eigenvalue weighted by Crippen LogP contribution is 2.35. The first-order valence-corrected chi connectivity index (χ1v) is 16.2. The van der Waals surface area contributed by atoms with E-state index in [1.807, 2.05) is 31.2 Å². The van der Waals surface area contributed by atoms with E-state index in [-0.39, 0.29) is 47.7 Å². The van der Waals surface area contributed by atoms with E-state index in [0.29, 0.717) is 32.7 Å². The van der Waals surface area contributed by atoms with Crippen molar-refractivity contribution in [2.24, 2.45) is 17.6 Å². The molecular weight excluding hydrogens is 534 g/mol. The van der Waals surface area contributed by atoms with Gasteiger partial charge in [0.1, 0.15) is 17.8 Å². The van der Waals surface area contributed by atoms with Crippen molar-refractivity contribution in [3.63, 3.8) is 0 Å². The summed E-state index contributed by atoms with van der Waals surface area (Å²) in [6, 6.07) is 5.82. The van der Waals surface area contributed by atoms with E-state index in [2.05, 4.69) is 15.5 Å². The number of hydrogen-bond acceptors (Lipinski definition) is 7. The van der Waals surface area contributed by atoms with Crippen LogP contribution in [-0.4, -0.2) is 90.6 Å². The second-order valence-electron chi connectivity index (χ2n) is 12.9. The van der Waals surface area contributed by atoms with Crippen LogP contribution in [-0.2, 0) is 19.1 Å². The summed E-state index contributed by atoms with van der Waals surface area (Å²) >= 11 is 0. The van der Waals surface area contributed by atoms with E-state index in [4.69, 9.17) is 15.2 Å². The number of carbonyl (C=O) groups is 3. The molecule has 10 nitrogen and oxygen atoms in total. The van der Waals surface area contributed by atoms with Gasteiger partial charge in [0.15, 0.2) is 0 Å². The lowest BCUT2D eigenvalue weighted by Crippen LogP contribution is -2.66. The minimum atomic E-state index is -0.669. The summed E-state index contributed by atoms with van der Waals surface area (Å²) in [6.07, 6.45) is 8.50. The molecule has 2 saturated heterocycles. The Bertz CT molecular complexity index is 1140. The van der Waals surface area contributed by atoms with Crippen LogP contribution in [0.2, 0.25) is 0 Å². The number of nitrogens with one attached hydrogen (secondary N) is 2. The van der Waals surface area contributed by atoms with E-state index in [0.717, 1.165) is 69.2 Å². The van der Waals surface area contributed by atoms with Gasteiger partial charge in [-0.3, -0.25) is 19.3 Å². The number of nitrogens with two attached hydrogens (primary N) is 1. The van der Waals surface area contributed by atoms with Crippen LogP contribution in [0, 0.1) is 11.8 Å². The Hall–Kier alpha value is -2.69. The highest BCUT2D eigenvalue weighted by atomic mass is 16.5. The third-order valence-electron chi connectivity index (χ3n) is 10.1. The Morgan fingerprint density at radius 3 is 2.57 bits per heavy atom. The lowest BCUT2D eigenvalue weighted by Gasteiger charge is -2.45. The number of rotatable bonds is 9. The Balaban J connectivity index is 1.25. The normalized spacial score (nSPS) is 29.5. The highest BCUT2D eigenvalue weighted by molar-refractivity contribution is 5.94. The van der Waals surface area contributed by atoms with Crippen LogP contribution in [0.3, 0.4) is 0 Å². The molecule has 230 valence electrons. The molecular formula is C32H47N5O5. The van der Waals surface area contributed by atoms with Crippen molar-refractivity contribution in [1.82, 2.24) is 20.4 Å². The molecule has 3 amide bonds. The summed E-state index contributed by atoms with van der Waals surface area (Å²) in [5.74, 6) is 0.488. The second kappa shape index (κ2) is 12.9. The van der Waals surface area contributed by atoms with Crippen molar-refractivity contribution >= 4 is 17.7 Å². The first-order valence-electron chi connectivity index (χ1n) is 16.2. The van der Waals surface area contributed by atoms with Gasteiger partial charge in [-0.1, -0.05) is 37.5 Å². The van der Waals surface area contributed by atoms with Gasteiger partial charge < -0.3 is 30.7 Å². The average molecular weight is 582 g/mol. The molecule has 1 aromatic carbocycles. The second-order valence-corrected chi connectivity index (χ2v) is 12.9. The fraction of sp³-hybridized carbons (Fsp3) is 0.719. The van der Waals surface area contributed by atoms with Gasteiger partial charge in [-0.2, -0.15) is 0 Å². The van der Waals surface area contributed by atoms with E-state index in [9.17, 15) is 14.4 Å². The molecule has 4 N–H and O–H groups in total. The molecule has 1 aromatic rings. The van der Waals surface area contributed by atoms with Gasteiger partial charge in [0.25, 0.3) is 0 Å². The number of benzene rings is 1. The lowest BCUT2D eigenvalue weighted by atomic mass is 9.82. The molecule has 0 radical (unpaired) electrons. The summed E-state index contributed by atoms with van der Waals surface area (Å²) in [7, 11) is 0. The van der Waals surface area contributed by atoms with Gasteiger partial charge in [-0.15, -0.1) is 0 Å². The number of nitrogens with zero attached hydrogens (tertiary/aromatic N) is 2.